The Kier molecular flexibility index (Phi) is 12.5. The lowest BCUT2D eigenvalue weighted by Crippen LogP contribution is -2.21. The van der Waals surface area contributed by atoms with E-state index in [2.05, 4.69) is 37.3 Å². The van der Waals surface area contributed by atoms with Crippen molar-refractivity contribution in [2.75, 3.05) is 49.8 Å². The number of ether oxygens (including phenoxy) is 1. The third-order valence-electron chi connectivity index (χ3n) is 7.29. The van der Waals surface area contributed by atoms with Crippen molar-refractivity contribution >= 4 is 70.9 Å². The van der Waals surface area contributed by atoms with Crippen molar-refractivity contribution in [3.63, 3.8) is 0 Å². The first-order chi connectivity index (χ1) is 24.4. The Bertz CT molecular complexity index is 2150. The van der Waals surface area contributed by atoms with E-state index in [1.165, 1.54) is 23.5 Å². The van der Waals surface area contributed by atoms with Crippen LogP contribution in [0.5, 0.6) is 5.75 Å². The van der Waals surface area contributed by atoms with Gasteiger partial charge in [0.2, 0.25) is 0 Å². The van der Waals surface area contributed by atoms with Crippen LogP contribution in [-0.2, 0) is 16.5 Å². The van der Waals surface area contributed by atoms with Gasteiger partial charge >= 0.3 is 5.97 Å². The number of nitrogens with zero attached hydrogens (tertiary/aromatic N) is 6. The number of carbonyl (C=O) groups is 1. The zero-order chi connectivity index (χ0) is 36.5. The summed E-state index contributed by atoms with van der Waals surface area (Å²) >= 11 is 2.63. The number of carboxylic acid groups (broad SMARTS) is 1. The number of nitrogens with one attached hydrogen (secondary N) is 1. The van der Waals surface area contributed by atoms with Gasteiger partial charge in [0.05, 0.1) is 29.1 Å². The number of aryl methyl sites for hydroxylation is 2. The Morgan fingerprint density at radius 3 is 2.57 bits per heavy atom. The van der Waals surface area contributed by atoms with E-state index in [-0.39, 0.29) is 31.0 Å². The van der Waals surface area contributed by atoms with Gasteiger partial charge < -0.3 is 20.1 Å². The molecule has 5 rings (SSSR count). The minimum atomic E-state index is -4.16. The van der Waals surface area contributed by atoms with Crippen LogP contribution < -0.4 is 15.0 Å². The number of aromatic nitrogens is 4. The van der Waals surface area contributed by atoms with Gasteiger partial charge in [0.15, 0.2) is 39.2 Å². The smallest absolute Gasteiger partial charge is 0.355 e. The summed E-state index contributed by atoms with van der Waals surface area (Å²) < 4.78 is 53.2. The number of aromatic carboxylic acids is 1. The Morgan fingerprint density at radius 1 is 1.06 bits per heavy atom. The van der Waals surface area contributed by atoms with E-state index in [9.17, 15) is 27.3 Å². The quantitative estimate of drug-likeness (QED) is 0.0595. The van der Waals surface area contributed by atoms with Crippen LogP contribution in [-0.4, -0.2) is 88.7 Å². The number of hydrogen-bond acceptors (Lipinski definition) is 13. The normalized spacial score (nSPS) is 11.4. The first kappa shape index (κ1) is 37.5. The van der Waals surface area contributed by atoms with Crippen molar-refractivity contribution in [1.82, 2.24) is 25.1 Å². The summed E-state index contributed by atoms with van der Waals surface area (Å²) in [6, 6.07) is 14.0. The van der Waals surface area contributed by atoms with Crippen LogP contribution in [0.25, 0.3) is 10.2 Å². The molecule has 0 bridgehead atoms. The standard InChI is InChI=1S/C34H36FN7O6S3/c1-22-20-29(39-40-31(22)38-33-36-25-11-4-5-12-27(25)49-33)42(17-6-7-19-51(45,46)47)34-37-30(32(43)44)28(50-34)13-9-18-48-26-15-14-23(21-24(26)35)10-8-16-41(2)3/h4-5,11-12,14-15,20-21H,6-7,9,13,16-19H2,1-3H3,(H,43,44)(H,36,38,40)(H,45,46,47). The number of fused-ring (bicyclic) bond motifs is 1. The van der Waals surface area contributed by atoms with E-state index in [4.69, 9.17) is 4.74 Å². The molecule has 0 aliphatic heterocycles. The summed E-state index contributed by atoms with van der Waals surface area (Å²) in [6.45, 7) is 2.74. The van der Waals surface area contributed by atoms with Crippen LogP contribution >= 0.6 is 22.7 Å². The molecule has 0 unspecified atom stereocenters. The molecule has 17 heteroatoms. The highest BCUT2D eigenvalue weighted by Crippen LogP contribution is 2.34. The maximum Gasteiger partial charge on any atom is 0.355 e. The lowest BCUT2D eigenvalue weighted by Gasteiger charge is -2.21. The van der Waals surface area contributed by atoms with Gasteiger partial charge in [-0.1, -0.05) is 35.3 Å². The van der Waals surface area contributed by atoms with Crippen LogP contribution in [0.1, 0.15) is 45.8 Å². The molecular weight excluding hydrogens is 718 g/mol. The molecule has 0 amide bonds. The van der Waals surface area contributed by atoms with Crippen molar-refractivity contribution in [2.45, 2.75) is 32.6 Å². The van der Waals surface area contributed by atoms with Gasteiger partial charge in [-0.25, -0.2) is 19.2 Å². The highest BCUT2D eigenvalue weighted by atomic mass is 32.2. The SMILES string of the molecule is Cc1cc(N(CCCCS(=O)(=O)O)c2nc(C(=O)O)c(CCCOc3ccc(C#CCN(C)C)cc3F)s2)nnc1Nc1nc2ccccc2s1. The molecule has 3 heterocycles. The number of thiazole rings is 2. The van der Waals surface area contributed by atoms with Crippen molar-refractivity contribution in [1.29, 1.82) is 0 Å². The Hall–Kier alpha value is -4.73. The second kappa shape index (κ2) is 17.0. The van der Waals surface area contributed by atoms with E-state index in [1.807, 2.05) is 50.2 Å². The third-order valence-corrected chi connectivity index (χ3v) is 10.2. The predicted molar refractivity (Wildman–Crippen MR) is 197 cm³/mol. The van der Waals surface area contributed by atoms with Crippen molar-refractivity contribution in [3.8, 4) is 17.6 Å². The van der Waals surface area contributed by atoms with Crippen LogP contribution in [0.4, 0.5) is 26.3 Å². The van der Waals surface area contributed by atoms with Crippen LogP contribution in [0.2, 0.25) is 0 Å². The highest BCUT2D eigenvalue weighted by molar-refractivity contribution is 7.85. The minimum absolute atomic E-state index is 0.0719. The van der Waals surface area contributed by atoms with Gasteiger partial charge in [0.25, 0.3) is 10.1 Å². The maximum absolute atomic E-state index is 14.6. The Balaban J connectivity index is 1.31. The van der Waals surface area contributed by atoms with E-state index in [1.54, 1.807) is 17.0 Å². The maximum atomic E-state index is 14.6. The number of benzene rings is 2. The lowest BCUT2D eigenvalue weighted by molar-refractivity contribution is 0.0690. The zero-order valence-corrected chi connectivity index (χ0v) is 30.5. The Morgan fingerprint density at radius 2 is 1.86 bits per heavy atom. The molecular formula is C34H36FN7O6S3. The molecule has 0 aliphatic rings. The summed E-state index contributed by atoms with van der Waals surface area (Å²) in [4.78, 5) is 25.3. The topological polar surface area (TPSA) is 171 Å². The summed E-state index contributed by atoms with van der Waals surface area (Å²) in [7, 11) is -0.368. The van der Waals surface area contributed by atoms with E-state index >= 15 is 0 Å². The molecule has 3 aromatic heterocycles. The summed E-state index contributed by atoms with van der Waals surface area (Å²) in [5, 5.41) is 23.0. The number of carboxylic acids is 1. The molecule has 0 saturated carbocycles. The predicted octanol–water partition coefficient (Wildman–Crippen LogP) is 6.16. The zero-order valence-electron chi connectivity index (χ0n) is 28.1. The Labute approximate surface area is 302 Å². The first-order valence-corrected chi connectivity index (χ1v) is 19.1. The number of para-hydroxylation sites is 1. The molecule has 0 atom stereocenters. The fourth-order valence-electron chi connectivity index (χ4n) is 4.82. The van der Waals surface area contributed by atoms with Crippen molar-refractivity contribution in [3.05, 3.63) is 76.0 Å². The number of unbranched alkanes of at least 4 members (excludes halogenated alkanes) is 1. The molecule has 13 nitrogen and oxygen atoms in total. The van der Waals surface area contributed by atoms with Crippen LogP contribution in [0.15, 0.2) is 48.5 Å². The molecule has 268 valence electrons. The molecule has 0 aliphatic carbocycles. The van der Waals surface area contributed by atoms with Gasteiger partial charge in [0, 0.05) is 17.0 Å². The highest BCUT2D eigenvalue weighted by Gasteiger charge is 2.23. The van der Waals surface area contributed by atoms with Gasteiger partial charge in [-0.05, 0) is 88.7 Å². The molecule has 2 aromatic carbocycles. The van der Waals surface area contributed by atoms with Gasteiger partial charge in [0.1, 0.15) is 0 Å². The molecule has 0 saturated heterocycles. The first-order valence-electron chi connectivity index (χ1n) is 15.8. The molecule has 0 spiro atoms. The summed E-state index contributed by atoms with van der Waals surface area (Å²) in [6.07, 6.45) is 1.15. The van der Waals surface area contributed by atoms with Gasteiger partial charge in [-0.3, -0.25) is 9.45 Å². The average molecular weight is 754 g/mol. The van der Waals surface area contributed by atoms with Crippen LogP contribution in [0, 0.1) is 24.6 Å². The second-order valence-corrected chi connectivity index (χ2v) is 15.4. The van der Waals surface area contributed by atoms with Crippen LogP contribution in [0.3, 0.4) is 0 Å². The van der Waals surface area contributed by atoms with E-state index in [0.717, 1.165) is 27.1 Å². The molecule has 3 N–H and O–H groups in total. The minimum Gasteiger partial charge on any atom is -0.491 e. The number of hydrogen-bond donors (Lipinski definition) is 3. The van der Waals surface area contributed by atoms with Gasteiger partial charge in [-0.2, -0.15) is 8.42 Å². The lowest BCUT2D eigenvalue weighted by atomic mass is 10.2. The molecule has 0 radical (unpaired) electrons. The number of halogens is 1. The molecule has 51 heavy (non-hydrogen) atoms. The monoisotopic (exact) mass is 753 g/mol. The van der Waals surface area contributed by atoms with E-state index in [0.29, 0.717) is 58.1 Å². The molecule has 0 fully saturated rings. The summed E-state index contributed by atoms with van der Waals surface area (Å²) in [5.41, 5.74) is 1.98. The number of rotatable bonds is 16. The second-order valence-electron chi connectivity index (χ2n) is 11.7. The average Bonchev–Trinajstić information content (AvgIpc) is 3.68. The summed E-state index contributed by atoms with van der Waals surface area (Å²) in [5.74, 6) is 4.62. The van der Waals surface area contributed by atoms with E-state index < -0.39 is 27.7 Å². The fourth-order valence-corrected chi connectivity index (χ4v) is 7.38. The number of anilines is 4. The van der Waals surface area contributed by atoms with Crippen molar-refractivity contribution < 1.29 is 32.0 Å². The third kappa shape index (κ3) is 10.6. The fraction of sp³-hybridized carbons (Fsp3) is 0.324. The largest absolute Gasteiger partial charge is 0.491 e. The molecule has 5 aromatic rings. The van der Waals surface area contributed by atoms with Crippen molar-refractivity contribution in [2.24, 2.45) is 0 Å². The van der Waals surface area contributed by atoms with Gasteiger partial charge in [-0.15, -0.1) is 21.5 Å².